The highest BCUT2D eigenvalue weighted by molar-refractivity contribution is 5.43. The van der Waals surface area contributed by atoms with Crippen LogP contribution in [-0.4, -0.2) is 57.4 Å². The minimum absolute atomic E-state index is 0.796. The maximum atomic E-state index is 4.39. The van der Waals surface area contributed by atoms with E-state index in [-0.39, 0.29) is 0 Å². The van der Waals surface area contributed by atoms with Crippen molar-refractivity contribution in [1.82, 2.24) is 24.6 Å². The molecule has 1 saturated heterocycles. The van der Waals surface area contributed by atoms with E-state index in [0.717, 1.165) is 44.4 Å². The first-order valence-corrected chi connectivity index (χ1v) is 7.06. The molecule has 1 aliphatic rings. The van der Waals surface area contributed by atoms with Gasteiger partial charge in [-0.15, -0.1) is 5.92 Å². The highest BCUT2D eigenvalue weighted by atomic mass is 15.3. The fourth-order valence-corrected chi connectivity index (χ4v) is 2.37. The Balaban J connectivity index is 1.68. The minimum atomic E-state index is 0.796. The van der Waals surface area contributed by atoms with Gasteiger partial charge in [0, 0.05) is 44.6 Å². The number of rotatable bonds is 3. The first kappa shape index (κ1) is 13.6. The Morgan fingerprint density at radius 1 is 1.14 bits per heavy atom. The van der Waals surface area contributed by atoms with Crippen LogP contribution in [-0.2, 0) is 0 Å². The molecule has 0 aliphatic carbocycles. The van der Waals surface area contributed by atoms with Crippen molar-refractivity contribution in [2.45, 2.75) is 6.92 Å². The highest BCUT2D eigenvalue weighted by Crippen LogP contribution is 2.15. The van der Waals surface area contributed by atoms with Gasteiger partial charge in [0.1, 0.15) is 12.1 Å². The van der Waals surface area contributed by atoms with Gasteiger partial charge in [0.2, 0.25) is 0 Å². The number of aromatic nitrogens is 4. The summed E-state index contributed by atoms with van der Waals surface area (Å²) in [5.41, 5.74) is 0. The molecule has 0 unspecified atom stereocenters. The summed E-state index contributed by atoms with van der Waals surface area (Å²) in [7, 11) is 0. The van der Waals surface area contributed by atoms with Gasteiger partial charge in [0.15, 0.2) is 5.82 Å². The van der Waals surface area contributed by atoms with E-state index in [9.17, 15) is 0 Å². The van der Waals surface area contributed by atoms with Crippen molar-refractivity contribution >= 4 is 5.82 Å². The van der Waals surface area contributed by atoms with Crippen LogP contribution in [0.4, 0.5) is 5.82 Å². The number of piperazine rings is 1. The van der Waals surface area contributed by atoms with E-state index >= 15 is 0 Å². The standard InChI is InChI=1S/C15H18N6/c1-2-3-6-19-8-10-20(11-9-19)14-12-15(17-13-16-14)21-7-4-5-18-21/h4-5,7,12-13H,6,8-11H2,1H3. The Hall–Kier alpha value is -2.39. The number of hydrogen-bond acceptors (Lipinski definition) is 5. The molecule has 108 valence electrons. The Labute approximate surface area is 124 Å². The first-order valence-electron chi connectivity index (χ1n) is 7.06. The zero-order chi connectivity index (χ0) is 14.5. The molecule has 1 fully saturated rings. The molecule has 1 aliphatic heterocycles. The predicted molar refractivity (Wildman–Crippen MR) is 81.3 cm³/mol. The van der Waals surface area contributed by atoms with Gasteiger partial charge in [-0.2, -0.15) is 5.10 Å². The van der Waals surface area contributed by atoms with Crippen molar-refractivity contribution < 1.29 is 0 Å². The number of anilines is 1. The van der Waals surface area contributed by atoms with Gasteiger partial charge >= 0.3 is 0 Å². The van der Waals surface area contributed by atoms with Crippen molar-refractivity contribution in [1.29, 1.82) is 0 Å². The molecule has 0 bridgehead atoms. The zero-order valence-electron chi connectivity index (χ0n) is 12.1. The summed E-state index contributed by atoms with van der Waals surface area (Å²) >= 11 is 0. The summed E-state index contributed by atoms with van der Waals surface area (Å²) in [4.78, 5) is 13.3. The van der Waals surface area contributed by atoms with Crippen molar-refractivity contribution in [3.8, 4) is 17.7 Å². The molecular weight excluding hydrogens is 264 g/mol. The molecule has 6 heteroatoms. The normalized spacial score (nSPS) is 15.6. The van der Waals surface area contributed by atoms with Crippen molar-refractivity contribution in [2.24, 2.45) is 0 Å². The van der Waals surface area contributed by atoms with Gasteiger partial charge in [-0.05, 0) is 13.0 Å². The van der Waals surface area contributed by atoms with Crippen LogP contribution in [0.3, 0.4) is 0 Å². The molecule has 0 aromatic carbocycles. The monoisotopic (exact) mass is 282 g/mol. The highest BCUT2D eigenvalue weighted by Gasteiger charge is 2.17. The molecule has 0 amide bonds. The molecule has 21 heavy (non-hydrogen) atoms. The average Bonchev–Trinajstić information content (AvgIpc) is 3.08. The second kappa shape index (κ2) is 6.37. The maximum absolute atomic E-state index is 4.39. The summed E-state index contributed by atoms with van der Waals surface area (Å²) in [6.45, 7) is 6.67. The van der Waals surface area contributed by atoms with Crippen LogP contribution >= 0.6 is 0 Å². The molecule has 0 spiro atoms. The van der Waals surface area contributed by atoms with E-state index < -0.39 is 0 Å². The molecule has 0 radical (unpaired) electrons. The molecule has 0 N–H and O–H groups in total. The van der Waals surface area contributed by atoms with E-state index in [1.54, 1.807) is 17.2 Å². The average molecular weight is 282 g/mol. The lowest BCUT2D eigenvalue weighted by Crippen LogP contribution is -2.46. The molecule has 6 nitrogen and oxygen atoms in total. The largest absolute Gasteiger partial charge is 0.354 e. The minimum Gasteiger partial charge on any atom is -0.354 e. The van der Waals surface area contributed by atoms with Crippen LogP contribution in [0, 0.1) is 11.8 Å². The summed E-state index contributed by atoms with van der Waals surface area (Å²) in [5, 5.41) is 4.20. The molecule has 0 atom stereocenters. The van der Waals surface area contributed by atoms with Gasteiger partial charge in [0.05, 0.1) is 6.54 Å². The summed E-state index contributed by atoms with van der Waals surface area (Å²) < 4.78 is 1.75. The third-order valence-corrected chi connectivity index (χ3v) is 3.55. The summed E-state index contributed by atoms with van der Waals surface area (Å²) in [6, 6.07) is 3.86. The van der Waals surface area contributed by atoms with E-state index in [0.29, 0.717) is 0 Å². The second-order valence-electron chi connectivity index (χ2n) is 4.88. The smallest absolute Gasteiger partial charge is 0.158 e. The predicted octanol–water partition coefficient (Wildman–Crippen LogP) is 0.808. The van der Waals surface area contributed by atoms with Crippen molar-refractivity contribution in [3.63, 3.8) is 0 Å². The van der Waals surface area contributed by atoms with Crippen molar-refractivity contribution in [2.75, 3.05) is 37.6 Å². The molecule has 2 aromatic rings. The summed E-state index contributed by atoms with van der Waals surface area (Å²) in [6.07, 6.45) is 5.23. The van der Waals surface area contributed by atoms with Crippen LogP contribution in [0.15, 0.2) is 30.9 Å². The topological polar surface area (TPSA) is 50.1 Å². The van der Waals surface area contributed by atoms with Crippen LogP contribution < -0.4 is 4.90 Å². The molecule has 3 heterocycles. The van der Waals surface area contributed by atoms with E-state index in [1.165, 1.54) is 0 Å². The van der Waals surface area contributed by atoms with Gasteiger partial charge in [-0.25, -0.2) is 14.6 Å². The van der Waals surface area contributed by atoms with Gasteiger partial charge in [-0.1, -0.05) is 5.92 Å². The van der Waals surface area contributed by atoms with Crippen LogP contribution in [0.5, 0.6) is 0 Å². The van der Waals surface area contributed by atoms with E-state index in [2.05, 4.69) is 36.7 Å². The SMILES string of the molecule is CC#CCN1CCN(c2cc(-n3cccn3)ncn2)CC1. The van der Waals surface area contributed by atoms with Crippen LogP contribution in [0.25, 0.3) is 5.82 Å². The lowest BCUT2D eigenvalue weighted by Gasteiger charge is -2.34. The zero-order valence-corrected chi connectivity index (χ0v) is 12.1. The maximum Gasteiger partial charge on any atom is 0.158 e. The van der Waals surface area contributed by atoms with E-state index in [4.69, 9.17) is 0 Å². The summed E-state index contributed by atoms with van der Waals surface area (Å²) in [5.74, 6) is 7.82. The molecular formula is C15H18N6. The number of hydrogen-bond donors (Lipinski definition) is 0. The number of nitrogens with zero attached hydrogens (tertiary/aromatic N) is 6. The Bertz CT molecular complexity index is 632. The molecule has 2 aromatic heterocycles. The molecule has 0 saturated carbocycles. The van der Waals surface area contributed by atoms with Gasteiger partial charge < -0.3 is 4.90 Å². The Kier molecular flexibility index (Phi) is 4.12. The quantitative estimate of drug-likeness (QED) is 0.780. The molecule has 3 rings (SSSR count). The fraction of sp³-hybridized carbons (Fsp3) is 0.400. The fourth-order valence-electron chi connectivity index (χ4n) is 2.37. The lowest BCUT2D eigenvalue weighted by molar-refractivity contribution is 0.287. The van der Waals surface area contributed by atoms with Gasteiger partial charge in [-0.3, -0.25) is 4.90 Å². The third-order valence-electron chi connectivity index (χ3n) is 3.55. The van der Waals surface area contributed by atoms with E-state index in [1.807, 2.05) is 25.3 Å². The first-order chi connectivity index (χ1) is 10.4. The Morgan fingerprint density at radius 2 is 1.95 bits per heavy atom. The lowest BCUT2D eigenvalue weighted by atomic mass is 10.3. The van der Waals surface area contributed by atoms with Crippen molar-refractivity contribution in [3.05, 3.63) is 30.9 Å². The van der Waals surface area contributed by atoms with Crippen LogP contribution in [0.1, 0.15) is 6.92 Å². The van der Waals surface area contributed by atoms with Gasteiger partial charge in [0.25, 0.3) is 0 Å². The van der Waals surface area contributed by atoms with Crippen LogP contribution in [0.2, 0.25) is 0 Å². The second-order valence-corrected chi connectivity index (χ2v) is 4.88. The third kappa shape index (κ3) is 3.20. The Morgan fingerprint density at radius 3 is 2.67 bits per heavy atom.